The van der Waals surface area contributed by atoms with Crippen molar-refractivity contribution in [1.82, 2.24) is 9.97 Å². The van der Waals surface area contributed by atoms with E-state index in [0.29, 0.717) is 0 Å². The van der Waals surface area contributed by atoms with E-state index in [4.69, 9.17) is 9.97 Å². The van der Waals surface area contributed by atoms with Crippen LogP contribution in [0.5, 0.6) is 0 Å². The number of benzene rings is 8. The molecule has 2 heteroatoms. The van der Waals surface area contributed by atoms with Gasteiger partial charge in [-0.05, 0) is 90.6 Å². The third-order valence-corrected chi connectivity index (χ3v) is 10.4. The Balaban J connectivity index is 1.46. The van der Waals surface area contributed by atoms with Crippen LogP contribution in [0.25, 0.3) is 76.8 Å². The Bertz CT molecular complexity index is 2720. The van der Waals surface area contributed by atoms with Crippen molar-refractivity contribution >= 4 is 54.2 Å². The van der Waals surface area contributed by atoms with Crippen molar-refractivity contribution in [3.63, 3.8) is 0 Å². The van der Waals surface area contributed by atoms with E-state index in [1.54, 1.807) is 0 Å². The van der Waals surface area contributed by atoms with Crippen LogP contribution < -0.4 is 0 Å². The topological polar surface area (TPSA) is 25.8 Å². The average molecular weight is 687 g/mol. The number of rotatable bonds is 6. The lowest BCUT2D eigenvalue weighted by molar-refractivity contribution is 1.23. The van der Waals surface area contributed by atoms with Crippen molar-refractivity contribution < 1.29 is 0 Å². The second-order valence-corrected chi connectivity index (χ2v) is 13.7. The van der Waals surface area contributed by atoms with E-state index in [-0.39, 0.29) is 0 Å². The van der Waals surface area contributed by atoms with Gasteiger partial charge < -0.3 is 0 Å². The minimum absolute atomic E-state index is 0.859. The highest BCUT2D eigenvalue weighted by molar-refractivity contribution is 6.23. The number of fused-ring (bicyclic) bond motifs is 4. The molecule has 0 amide bonds. The molecule has 0 fully saturated rings. The van der Waals surface area contributed by atoms with Gasteiger partial charge >= 0.3 is 0 Å². The number of hydrogen-bond acceptors (Lipinski definition) is 2. The fraction of sp³-hybridized carbons (Fsp3) is 0. The Morgan fingerprint density at radius 2 is 0.611 bits per heavy atom. The summed E-state index contributed by atoms with van der Waals surface area (Å²) in [7, 11) is 0. The summed E-state index contributed by atoms with van der Waals surface area (Å²) in [5.41, 5.74) is 10.1. The van der Waals surface area contributed by atoms with E-state index < -0.39 is 0 Å². The third kappa shape index (κ3) is 5.53. The SMILES string of the molecule is c1ccc(-c2cccc(C(=C(c3c4ccccc4cc4ccccc34)c3c4ccccc4cc4ccccc34)c3cccc(-c4ccccc4)n3)n2)cc1. The lowest BCUT2D eigenvalue weighted by atomic mass is 9.80. The lowest BCUT2D eigenvalue weighted by Gasteiger charge is -2.23. The van der Waals surface area contributed by atoms with Crippen LogP contribution in [-0.4, -0.2) is 9.97 Å². The summed E-state index contributed by atoms with van der Waals surface area (Å²) < 4.78 is 0. The Kier molecular flexibility index (Phi) is 7.85. The molecule has 0 radical (unpaired) electrons. The number of nitrogens with zero attached hydrogens (tertiary/aromatic N) is 2. The predicted molar refractivity (Wildman–Crippen MR) is 227 cm³/mol. The Morgan fingerprint density at radius 1 is 0.278 bits per heavy atom. The van der Waals surface area contributed by atoms with Gasteiger partial charge in [0.25, 0.3) is 0 Å². The highest BCUT2D eigenvalue weighted by atomic mass is 14.8. The molecule has 0 spiro atoms. The van der Waals surface area contributed by atoms with Crippen LogP contribution in [0.4, 0.5) is 0 Å². The van der Waals surface area contributed by atoms with E-state index in [2.05, 4.69) is 194 Å². The monoisotopic (exact) mass is 686 g/mol. The first-order chi connectivity index (χ1) is 26.8. The maximum Gasteiger partial charge on any atom is 0.0737 e. The molecule has 252 valence electrons. The van der Waals surface area contributed by atoms with Gasteiger partial charge in [0.05, 0.1) is 22.8 Å². The molecule has 8 aromatic carbocycles. The van der Waals surface area contributed by atoms with Gasteiger partial charge in [-0.1, -0.05) is 170 Å². The molecule has 54 heavy (non-hydrogen) atoms. The molecule has 2 nitrogen and oxygen atoms in total. The van der Waals surface area contributed by atoms with Gasteiger partial charge in [-0.25, -0.2) is 9.97 Å². The van der Waals surface area contributed by atoms with Gasteiger partial charge in [-0.3, -0.25) is 0 Å². The van der Waals surface area contributed by atoms with Crippen molar-refractivity contribution in [1.29, 1.82) is 0 Å². The summed E-state index contributed by atoms with van der Waals surface area (Å²) in [5, 5.41) is 9.46. The first kappa shape index (κ1) is 31.6. The minimum atomic E-state index is 0.859. The normalized spacial score (nSPS) is 11.3. The zero-order chi connectivity index (χ0) is 35.8. The van der Waals surface area contributed by atoms with Crippen molar-refractivity contribution in [2.24, 2.45) is 0 Å². The maximum absolute atomic E-state index is 5.52. The molecule has 0 aliphatic rings. The molecule has 0 N–H and O–H groups in total. The van der Waals surface area contributed by atoms with E-state index in [9.17, 15) is 0 Å². The molecule has 2 heterocycles. The van der Waals surface area contributed by atoms with Gasteiger partial charge in [-0.2, -0.15) is 0 Å². The predicted octanol–water partition coefficient (Wildman–Crippen LogP) is 13.4. The van der Waals surface area contributed by atoms with Crippen molar-refractivity contribution in [2.45, 2.75) is 0 Å². The number of hydrogen-bond donors (Lipinski definition) is 0. The van der Waals surface area contributed by atoms with Crippen LogP contribution in [0.1, 0.15) is 22.5 Å². The highest BCUT2D eigenvalue weighted by Gasteiger charge is 2.26. The van der Waals surface area contributed by atoms with E-state index in [1.165, 1.54) is 54.2 Å². The largest absolute Gasteiger partial charge is 0.248 e. The molecule has 0 unspecified atom stereocenters. The molecule has 0 saturated carbocycles. The molecule has 2 aromatic heterocycles. The van der Waals surface area contributed by atoms with E-state index in [1.807, 2.05) is 12.1 Å². The van der Waals surface area contributed by atoms with Crippen molar-refractivity contribution in [3.05, 3.63) is 229 Å². The molecule has 0 aliphatic carbocycles. The summed E-state index contributed by atoms with van der Waals surface area (Å²) >= 11 is 0. The van der Waals surface area contributed by atoms with E-state index >= 15 is 0 Å². The van der Waals surface area contributed by atoms with Gasteiger partial charge in [0.2, 0.25) is 0 Å². The Hall–Kier alpha value is -7.16. The second kappa shape index (κ2) is 13.4. The zero-order valence-corrected chi connectivity index (χ0v) is 29.5. The molecule has 0 aliphatic heterocycles. The van der Waals surface area contributed by atoms with Gasteiger partial charge in [0.1, 0.15) is 0 Å². The highest BCUT2D eigenvalue weighted by Crippen LogP contribution is 2.47. The second-order valence-electron chi connectivity index (χ2n) is 13.7. The average Bonchev–Trinajstić information content (AvgIpc) is 3.25. The molecular formula is C52H34N2. The van der Waals surface area contributed by atoms with Crippen LogP contribution in [-0.2, 0) is 0 Å². The fourth-order valence-corrected chi connectivity index (χ4v) is 8.02. The lowest BCUT2D eigenvalue weighted by Crippen LogP contribution is -2.04. The summed E-state index contributed by atoms with van der Waals surface area (Å²) in [5.74, 6) is 0. The Morgan fingerprint density at radius 3 is 0.981 bits per heavy atom. The third-order valence-electron chi connectivity index (χ3n) is 10.4. The minimum Gasteiger partial charge on any atom is -0.248 e. The fourth-order valence-electron chi connectivity index (χ4n) is 8.02. The van der Waals surface area contributed by atoms with Crippen molar-refractivity contribution in [2.75, 3.05) is 0 Å². The molecule has 10 rings (SSSR count). The molecule has 0 atom stereocenters. The number of aromatic nitrogens is 2. The van der Waals surface area contributed by atoms with Crippen LogP contribution in [0, 0.1) is 0 Å². The summed E-state index contributed by atoms with van der Waals surface area (Å²) in [6.45, 7) is 0. The van der Waals surface area contributed by atoms with Gasteiger partial charge in [0.15, 0.2) is 0 Å². The first-order valence-electron chi connectivity index (χ1n) is 18.4. The first-order valence-corrected chi connectivity index (χ1v) is 18.4. The smallest absolute Gasteiger partial charge is 0.0737 e. The molecule has 10 aromatic rings. The summed E-state index contributed by atoms with van der Waals surface area (Å²) in [6.07, 6.45) is 0. The quantitative estimate of drug-likeness (QED) is 0.163. The Labute approximate surface area is 314 Å². The van der Waals surface area contributed by atoms with Crippen LogP contribution >= 0.6 is 0 Å². The molecule has 0 bridgehead atoms. The van der Waals surface area contributed by atoms with E-state index in [0.717, 1.165) is 45.0 Å². The standard InChI is InChI=1S/C52H34N2/c1-3-17-35(18-4-1)45-29-15-31-47(53-45)51(48-32-16-30-46(54-48)36-19-5-2-6-20-36)52(49-41-25-11-7-21-37(41)33-38-22-8-12-26-42(38)49)50-43-27-13-9-23-39(43)34-40-24-10-14-28-44(40)50/h1-34H. The summed E-state index contributed by atoms with van der Waals surface area (Å²) in [6, 6.07) is 73.4. The van der Waals surface area contributed by atoms with Crippen molar-refractivity contribution in [3.8, 4) is 22.5 Å². The van der Waals surface area contributed by atoms with Gasteiger partial charge in [-0.15, -0.1) is 0 Å². The molecular weight excluding hydrogens is 653 g/mol. The number of pyridine rings is 2. The summed E-state index contributed by atoms with van der Waals surface area (Å²) in [4.78, 5) is 11.0. The van der Waals surface area contributed by atoms with Gasteiger partial charge in [0, 0.05) is 22.3 Å². The zero-order valence-electron chi connectivity index (χ0n) is 29.5. The van der Waals surface area contributed by atoms with Crippen LogP contribution in [0.2, 0.25) is 0 Å². The maximum atomic E-state index is 5.52. The van der Waals surface area contributed by atoms with Crippen LogP contribution in [0.3, 0.4) is 0 Å². The molecule has 0 saturated heterocycles. The van der Waals surface area contributed by atoms with Crippen LogP contribution in [0.15, 0.2) is 206 Å².